The lowest BCUT2D eigenvalue weighted by atomic mass is 10.2. The Bertz CT molecular complexity index is 341. The number of rotatable bonds is 2. The highest BCUT2D eigenvalue weighted by Crippen LogP contribution is 2.14. The van der Waals surface area contributed by atoms with Crippen molar-refractivity contribution in [3.8, 4) is 6.07 Å². The van der Waals surface area contributed by atoms with Gasteiger partial charge in [0, 0.05) is 5.69 Å². The van der Waals surface area contributed by atoms with Gasteiger partial charge in [-0.15, -0.1) is 0 Å². The Hall–Kier alpha value is -1.56. The van der Waals surface area contributed by atoms with E-state index in [1.165, 1.54) is 6.07 Å². The van der Waals surface area contributed by atoms with E-state index >= 15 is 0 Å². The van der Waals surface area contributed by atoms with E-state index < -0.39 is 0 Å². The first-order valence-corrected chi connectivity index (χ1v) is 4.06. The minimum absolute atomic E-state index is 0.227. The molecule has 0 aliphatic carbocycles. The molecule has 1 atom stereocenters. The highest BCUT2D eigenvalue weighted by atomic mass is 19.1. The maximum atomic E-state index is 12.8. The van der Waals surface area contributed by atoms with E-state index in [2.05, 4.69) is 5.32 Å². The molecule has 0 saturated carbocycles. The average Bonchev–Trinajstić information content (AvgIpc) is 2.11. The van der Waals surface area contributed by atoms with Crippen molar-refractivity contribution < 1.29 is 4.39 Å². The topological polar surface area (TPSA) is 35.8 Å². The van der Waals surface area contributed by atoms with E-state index in [1.807, 2.05) is 6.07 Å². The quantitative estimate of drug-likeness (QED) is 0.755. The number of nitrogens with one attached hydrogen (secondary N) is 1. The molecule has 0 spiro atoms. The van der Waals surface area contributed by atoms with Crippen LogP contribution in [0, 0.1) is 24.1 Å². The molecule has 1 N–H and O–H groups in total. The lowest BCUT2D eigenvalue weighted by Crippen LogP contribution is -2.11. The maximum Gasteiger partial charge on any atom is 0.126 e. The molecule has 0 bridgehead atoms. The van der Waals surface area contributed by atoms with E-state index in [0.717, 1.165) is 5.69 Å². The molecule has 2 nitrogen and oxygen atoms in total. The third kappa shape index (κ3) is 2.45. The number of nitrogens with zero attached hydrogens (tertiary/aromatic N) is 1. The first-order valence-electron chi connectivity index (χ1n) is 4.06. The van der Waals surface area contributed by atoms with Crippen LogP contribution in [0.3, 0.4) is 0 Å². The van der Waals surface area contributed by atoms with Crippen LogP contribution in [-0.2, 0) is 0 Å². The second kappa shape index (κ2) is 3.90. The largest absolute Gasteiger partial charge is 0.370 e. The lowest BCUT2D eigenvalue weighted by molar-refractivity contribution is 0.618. The van der Waals surface area contributed by atoms with Gasteiger partial charge in [-0.3, -0.25) is 0 Å². The Labute approximate surface area is 77.0 Å². The maximum absolute atomic E-state index is 12.8. The molecule has 0 fully saturated rings. The highest BCUT2D eigenvalue weighted by molar-refractivity contribution is 5.47. The summed E-state index contributed by atoms with van der Waals surface area (Å²) in [7, 11) is 0. The monoisotopic (exact) mass is 178 g/mol. The van der Waals surface area contributed by atoms with Crippen LogP contribution in [0.2, 0.25) is 0 Å². The van der Waals surface area contributed by atoms with Crippen molar-refractivity contribution in [3.05, 3.63) is 29.6 Å². The minimum atomic E-state index is -0.259. The Morgan fingerprint density at radius 1 is 1.54 bits per heavy atom. The van der Waals surface area contributed by atoms with Gasteiger partial charge in [0.15, 0.2) is 0 Å². The number of nitriles is 1. The van der Waals surface area contributed by atoms with Crippen LogP contribution >= 0.6 is 0 Å². The highest BCUT2D eigenvalue weighted by Gasteiger charge is 2.01. The molecule has 1 aromatic rings. The summed E-state index contributed by atoms with van der Waals surface area (Å²) < 4.78 is 12.8. The molecule has 1 unspecified atom stereocenters. The zero-order valence-corrected chi connectivity index (χ0v) is 7.63. The zero-order chi connectivity index (χ0) is 9.84. The number of halogens is 1. The summed E-state index contributed by atoms with van der Waals surface area (Å²) in [5, 5.41) is 11.5. The standard InChI is InChI=1S/C10H11FN2/c1-7-5-9(3-4-10(7)11)13-8(2)6-12/h3-5,8,13H,1-2H3. The predicted octanol–water partition coefficient (Wildman–Crippen LogP) is 2.46. The zero-order valence-electron chi connectivity index (χ0n) is 7.63. The van der Waals surface area contributed by atoms with Crippen LogP contribution in [0.1, 0.15) is 12.5 Å². The van der Waals surface area contributed by atoms with Gasteiger partial charge in [-0.1, -0.05) is 0 Å². The van der Waals surface area contributed by atoms with Crippen LogP contribution in [-0.4, -0.2) is 6.04 Å². The van der Waals surface area contributed by atoms with Gasteiger partial charge < -0.3 is 5.32 Å². The summed E-state index contributed by atoms with van der Waals surface area (Å²) in [6, 6.07) is 6.48. The van der Waals surface area contributed by atoms with E-state index in [1.54, 1.807) is 26.0 Å². The summed E-state index contributed by atoms with van der Waals surface area (Å²) in [4.78, 5) is 0. The number of benzene rings is 1. The first kappa shape index (κ1) is 9.53. The number of hydrogen-bond acceptors (Lipinski definition) is 2. The molecule has 0 saturated heterocycles. The molecule has 13 heavy (non-hydrogen) atoms. The van der Waals surface area contributed by atoms with E-state index in [9.17, 15) is 4.39 Å². The van der Waals surface area contributed by atoms with Crippen molar-refractivity contribution in [3.63, 3.8) is 0 Å². The average molecular weight is 178 g/mol. The fraction of sp³-hybridized carbons (Fsp3) is 0.300. The van der Waals surface area contributed by atoms with Crippen LogP contribution in [0.25, 0.3) is 0 Å². The van der Waals surface area contributed by atoms with Gasteiger partial charge in [-0.25, -0.2) is 4.39 Å². The van der Waals surface area contributed by atoms with Crippen LogP contribution in [0.4, 0.5) is 10.1 Å². The van der Waals surface area contributed by atoms with Crippen LogP contribution < -0.4 is 5.32 Å². The van der Waals surface area contributed by atoms with Gasteiger partial charge >= 0.3 is 0 Å². The van der Waals surface area contributed by atoms with E-state index in [4.69, 9.17) is 5.26 Å². The molecule has 1 aromatic carbocycles. The summed E-state index contributed by atoms with van der Waals surface area (Å²) in [6.07, 6.45) is 0. The van der Waals surface area contributed by atoms with Crippen molar-refractivity contribution in [1.82, 2.24) is 0 Å². The number of aryl methyl sites for hydroxylation is 1. The van der Waals surface area contributed by atoms with Crippen LogP contribution in [0.15, 0.2) is 18.2 Å². The molecule has 68 valence electrons. The van der Waals surface area contributed by atoms with E-state index in [0.29, 0.717) is 5.56 Å². The molecule has 0 aliphatic heterocycles. The molecular formula is C10H11FN2. The van der Waals surface area contributed by atoms with Gasteiger partial charge in [0.1, 0.15) is 11.9 Å². The van der Waals surface area contributed by atoms with E-state index in [-0.39, 0.29) is 11.9 Å². The van der Waals surface area contributed by atoms with Crippen molar-refractivity contribution >= 4 is 5.69 Å². The minimum Gasteiger partial charge on any atom is -0.370 e. The molecule has 0 radical (unpaired) electrons. The molecule has 0 aliphatic rings. The van der Waals surface area contributed by atoms with Crippen molar-refractivity contribution in [2.75, 3.05) is 5.32 Å². The van der Waals surface area contributed by atoms with Crippen molar-refractivity contribution in [2.24, 2.45) is 0 Å². The smallest absolute Gasteiger partial charge is 0.126 e. The Morgan fingerprint density at radius 2 is 2.23 bits per heavy atom. The fourth-order valence-electron chi connectivity index (χ4n) is 1.02. The van der Waals surface area contributed by atoms with Gasteiger partial charge in [0.25, 0.3) is 0 Å². The molecule has 1 rings (SSSR count). The van der Waals surface area contributed by atoms with Crippen molar-refractivity contribution in [2.45, 2.75) is 19.9 Å². The number of hydrogen-bond donors (Lipinski definition) is 1. The van der Waals surface area contributed by atoms with Gasteiger partial charge in [-0.05, 0) is 37.6 Å². The van der Waals surface area contributed by atoms with Crippen molar-refractivity contribution in [1.29, 1.82) is 5.26 Å². The molecule has 3 heteroatoms. The Morgan fingerprint density at radius 3 is 2.77 bits per heavy atom. The third-order valence-electron chi connectivity index (χ3n) is 1.73. The first-order chi connectivity index (χ1) is 6.13. The second-order valence-corrected chi connectivity index (χ2v) is 2.96. The normalized spacial score (nSPS) is 11.8. The number of anilines is 1. The Kier molecular flexibility index (Phi) is 2.86. The molecular weight excluding hydrogens is 167 g/mol. The van der Waals surface area contributed by atoms with Crippen LogP contribution in [0.5, 0.6) is 0 Å². The van der Waals surface area contributed by atoms with Gasteiger partial charge in [0.2, 0.25) is 0 Å². The summed E-state index contributed by atoms with van der Waals surface area (Å²) >= 11 is 0. The molecule has 0 amide bonds. The third-order valence-corrected chi connectivity index (χ3v) is 1.73. The van der Waals surface area contributed by atoms with Gasteiger partial charge in [-0.2, -0.15) is 5.26 Å². The molecule has 0 aromatic heterocycles. The summed E-state index contributed by atoms with van der Waals surface area (Å²) in [6.45, 7) is 3.44. The molecule has 0 heterocycles. The summed E-state index contributed by atoms with van der Waals surface area (Å²) in [5.74, 6) is -0.227. The summed E-state index contributed by atoms with van der Waals surface area (Å²) in [5.41, 5.74) is 1.35. The van der Waals surface area contributed by atoms with Gasteiger partial charge in [0.05, 0.1) is 6.07 Å². The second-order valence-electron chi connectivity index (χ2n) is 2.96. The lowest BCUT2D eigenvalue weighted by Gasteiger charge is -2.08. The Balaban J connectivity index is 2.81. The SMILES string of the molecule is Cc1cc(NC(C)C#N)ccc1F. The predicted molar refractivity (Wildman–Crippen MR) is 49.8 cm³/mol. The fourth-order valence-corrected chi connectivity index (χ4v) is 1.02.